The van der Waals surface area contributed by atoms with Gasteiger partial charge in [-0.2, -0.15) is 0 Å². The first kappa shape index (κ1) is 17.4. The number of carbonyl (C=O) groups is 1. The molecule has 0 aromatic heterocycles. The fourth-order valence-corrected chi connectivity index (χ4v) is 2.88. The summed E-state index contributed by atoms with van der Waals surface area (Å²) in [5.74, 6) is 2.42. The normalized spacial score (nSPS) is 16.9. The molecule has 6 heteroatoms. The molecule has 1 aromatic rings. The zero-order valence-electron chi connectivity index (χ0n) is 14.1. The largest absolute Gasteiger partial charge is 0.493 e. The monoisotopic (exact) mass is 322 g/mol. The van der Waals surface area contributed by atoms with Crippen molar-refractivity contribution in [3.8, 4) is 17.2 Å². The van der Waals surface area contributed by atoms with Crippen molar-refractivity contribution in [1.82, 2.24) is 10.6 Å². The predicted octanol–water partition coefficient (Wildman–Crippen LogP) is 1.72. The highest BCUT2D eigenvalue weighted by molar-refractivity contribution is 5.76. The molecule has 0 saturated carbocycles. The average Bonchev–Trinajstić information content (AvgIpc) is 3.10. The van der Waals surface area contributed by atoms with E-state index < -0.39 is 0 Å². The van der Waals surface area contributed by atoms with E-state index in [-0.39, 0.29) is 5.91 Å². The van der Waals surface area contributed by atoms with Gasteiger partial charge >= 0.3 is 0 Å². The lowest BCUT2D eigenvalue weighted by atomic mass is 10.0. The van der Waals surface area contributed by atoms with Crippen LogP contribution in [0.4, 0.5) is 0 Å². The molecule has 0 aliphatic carbocycles. The Bertz CT molecular complexity index is 528. The van der Waals surface area contributed by atoms with Crippen LogP contribution in [0.5, 0.6) is 17.2 Å². The van der Waals surface area contributed by atoms with Crippen molar-refractivity contribution >= 4 is 5.91 Å². The Morgan fingerprint density at radius 3 is 2.61 bits per heavy atom. The van der Waals surface area contributed by atoms with Crippen molar-refractivity contribution < 1.29 is 19.0 Å². The number of hydrogen-bond acceptors (Lipinski definition) is 5. The minimum absolute atomic E-state index is 0.0636. The average molecular weight is 322 g/mol. The third kappa shape index (κ3) is 4.51. The van der Waals surface area contributed by atoms with Crippen LogP contribution in [0.1, 0.15) is 24.8 Å². The quantitative estimate of drug-likeness (QED) is 0.763. The molecular formula is C17H26N2O4. The molecule has 1 aliphatic rings. The van der Waals surface area contributed by atoms with Crippen LogP contribution in [0.3, 0.4) is 0 Å². The summed E-state index contributed by atoms with van der Waals surface area (Å²) < 4.78 is 16.0. The van der Waals surface area contributed by atoms with Crippen LogP contribution in [0.25, 0.3) is 0 Å². The molecule has 1 unspecified atom stereocenters. The lowest BCUT2D eigenvalue weighted by molar-refractivity contribution is -0.121. The third-order valence-corrected chi connectivity index (χ3v) is 4.20. The van der Waals surface area contributed by atoms with Gasteiger partial charge in [-0.15, -0.1) is 0 Å². The summed E-state index contributed by atoms with van der Waals surface area (Å²) in [4.78, 5) is 12.0. The molecule has 1 aromatic carbocycles. The van der Waals surface area contributed by atoms with Gasteiger partial charge in [-0.25, -0.2) is 0 Å². The molecule has 1 heterocycles. The molecule has 0 radical (unpaired) electrons. The molecule has 0 bridgehead atoms. The van der Waals surface area contributed by atoms with Crippen LogP contribution in [0, 0.1) is 5.92 Å². The number of methoxy groups -OCH3 is 3. The first-order chi connectivity index (χ1) is 11.2. The smallest absolute Gasteiger partial charge is 0.220 e. The van der Waals surface area contributed by atoms with Crippen molar-refractivity contribution in [3.63, 3.8) is 0 Å². The number of hydrogen-bond donors (Lipinski definition) is 2. The maximum atomic E-state index is 12.0. The molecule has 128 valence electrons. The topological polar surface area (TPSA) is 68.8 Å². The summed E-state index contributed by atoms with van der Waals surface area (Å²) in [6, 6.07) is 3.69. The second-order valence-electron chi connectivity index (χ2n) is 5.67. The SMILES string of the molecule is COc1ccc(CNC(=O)CCC2CCNC2)c(OC)c1OC. The molecule has 2 N–H and O–H groups in total. The fraction of sp³-hybridized carbons (Fsp3) is 0.588. The maximum absolute atomic E-state index is 12.0. The van der Waals surface area contributed by atoms with Crippen molar-refractivity contribution in [2.24, 2.45) is 5.92 Å². The van der Waals surface area contributed by atoms with Gasteiger partial charge in [0.1, 0.15) is 0 Å². The summed E-state index contributed by atoms with van der Waals surface area (Å²) >= 11 is 0. The summed E-state index contributed by atoms with van der Waals surface area (Å²) in [5, 5.41) is 6.27. The van der Waals surface area contributed by atoms with E-state index in [1.54, 1.807) is 21.3 Å². The second-order valence-corrected chi connectivity index (χ2v) is 5.67. The highest BCUT2D eigenvalue weighted by Gasteiger charge is 2.18. The highest BCUT2D eigenvalue weighted by atomic mass is 16.5. The van der Waals surface area contributed by atoms with Gasteiger partial charge in [0.2, 0.25) is 11.7 Å². The molecular weight excluding hydrogens is 296 g/mol. The van der Waals surface area contributed by atoms with Gasteiger partial charge in [0, 0.05) is 18.5 Å². The molecule has 2 rings (SSSR count). The zero-order chi connectivity index (χ0) is 16.7. The van der Waals surface area contributed by atoms with Gasteiger partial charge in [-0.3, -0.25) is 4.79 Å². The molecule has 6 nitrogen and oxygen atoms in total. The predicted molar refractivity (Wildman–Crippen MR) is 88.2 cm³/mol. The Balaban J connectivity index is 1.92. The third-order valence-electron chi connectivity index (χ3n) is 4.20. The molecule has 0 spiro atoms. The van der Waals surface area contributed by atoms with E-state index in [0.717, 1.165) is 31.5 Å². The van der Waals surface area contributed by atoms with Crippen molar-refractivity contribution in [2.45, 2.75) is 25.8 Å². The van der Waals surface area contributed by atoms with Crippen LogP contribution >= 0.6 is 0 Å². The number of ether oxygens (including phenoxy) is 3. The van der Waals surface area contributed by atoms with Crippen LogP contribution in [0.15, 0.2) is 12.1 Å². The van der Waals surface area contributed by atoms with E-state index >= 15 is 0 Å². The molecule has 1 amide bonds. The van der Waals surface area contributed by atoms with Gasteiger partial charge in [0.05, 0.1) is 21.3 Å². The zero-order valence-corrected chi connectivity index (χ0v) is 14.1. The Labute approximate surface area is 137 Å². The van der Waals surface area contributed by atoms with Gasteiger partial charge in [-0.05, 0) is 44.0 Å². The number of amides is 1. The van der Waals surface area contributed by atoms with E-state index in [9.17, 15) is 4.79 Å². The van der Waals surface area contributed by atoms with Crippen molar-refractivity contribution in [2.75, 3.05) is 34.4 Å². The second kappa shape index (κ2) is 8.62. The minimum atomic E-state index is 0.0636. The van der Waals surface area contributed by atoms with E-state index in [2.05, 4.69) is 10.6 Å². The standard InChI is InChI=1S/C17H26N2O4/c1-21-14-6-5-13(16(22-2)17(14)23-3)11-19-15(20)7-4-12-8-9-18-10-12/h5-6,12,18H,4,7-11H2,1-3H3,(H,19,20). The summed E-state index contributed by atoms with van der Waals surface area (Å²) in [6.45, 7) is 2.50. The van der Waals surface area contributed by atoms with E-state index in [1.807, 2.05) is 12.1 Å². The van der Waals surface area contributed by atoms with Crippen LogP contribution in [0.2, 0.25) is 0 Å². The van der Waals surface area contributed by atoms with Gasteiger partial charge in [0.15, 0.2) is 11.5 Å². The molecule has 1 fully saturated rings. The number of rotatable bonds is 8. The van der Waals surface area contributed by atoms with Crippen LogP contribution in [-0.4, -0.2) is 40.3 Å². The molecule has 1 saturated heterocycles. The number of nitrogens with one attached hydrogen (secondary N) is 2. The lowest BCUT2D eigenvalue weighted by Gasteiger charge is -2.16. The van der Waals surface area contributed by atoms with Gasteiger partial charge < -0.3 is 24.8 Å². The summed E-state index contributed by atoms with van der Waals surface area (Å²) in [5.41, 5.74) is 0.862. The number of benzene rings is 1. The summed E-state index contributed by atoms with van der Waals surface area (Å²) in [7, 11) is 4.73. The van der Waals surface area contributed by atoms with Gasteiger partial charge in [0.25, 0.3) is 0 Å². The lowest BCUT2D eigenvalue weighted by Crippen LogP contribution is -2.24. The molecule has 1 atom stereocenters. The Morgan fingerprint density at radius 1 is 1.22 bits per heavy atom. The van der Waals surface area contributed by atoms with Crippen molar-refractivity contribution in [1.29, 1.82) is 0 Å². The molecule has 23 heavy (non-hydrogen) atoms. The minimum Gasteiger partial charge on any atom is -0.493 e. The highest BCUT2D eigenvalue weighted by Crippen LogP contribution is 2.39. The van der Waals surface area contributed by atoms with Crippen molar-refractivity contribution in [3.05, 3.63) is 17.7 Å². The Kier molecular flexibility index (Phi) is 6.52. The van der Waals surface area contributed by atoms with Crippen LogP contribution in [-0.2, 0) is 11.3 Å². The van der Waals surface area contributed by atoms with E-state index in [0.29, 0.717) is 36.1 Å². The Morgan fingerprint density at radius 2 is 2.00 bits per heavy atom. The number of carbonyl (C=O) groups excluding carboxylic acids is 1. The van der Waals surface area contributed by atoms with E-state index in [4.69, 9.17) is 14.2 Å². The maximum Gasteiger partial charge on any atom is 0.220 e. The summed E-state index contributed by atoms with van der Waals surface area (Å²) in [6.07, 6.45) is 2.65. The molecule has 1 aliphatic heterocycles. The first-order valence-electron chi connectivity index (χ1n) is 7.94. The Hall–Kier alpha value is -1.95. The van der Waals surface area contributed by atoms with E-state index in [1.165, 1.54) is 0 Å². The van der Waals surface area contributed by atoms with Gasteiger partial charge in [-0.1, -0.05) is 0 Å². The van der Waals surface area contributed by atoms with Crippen LogP contribution < -0.4 is 24.8 Å². The fourth-order valence-electron chi connectivity index (χ4n) is 2.88. The first-order valence-corrected chi connectivity index (χ1v) is 7.94.